The van der Waals surface area contributed by atoms with Gasteiger partial charge in [0.25, 0.3) is 0 Å². The molecule has 3 aromatic rings. The van der Waals surface area contributed by atoms with Crippen molar-refractivity contribution in [3.63, 3.8) is 0 Å². The zero-order valence-electron chi connectivity index (χ0n) is 16.4. The number of aromatic nitrogens is 2. The van der Waals surface area contributed by atoms with Crippen molar-refractivity contribution in [3.05, 3.63) is 66.1 Å². The van der Waals surface area contributed by atoms with E-state index in [1.165, 1.54) is 5.56 Å². The summed E-state index contributed by atoms with van der Waals surface area (Å²) in [6.07, 6.45) is 5.76. The van der Waals surface area contributed by atoms with Gasteiger partial charge in [-0.3, -0.25) is 4.99 Å². The Morgan fingerprint density at radius 1 is 1.11 bits per heavy atom. The molecule has 2 heterocycles. The van der Waals surface area contributed by atoms with Crippen molar-refractivity contribution in [2.45, 2.75) is 19.8 Å². The summed E-state index contributed by atoms with van der Waals surface area (Å²) in [5.41, 5.74) is 3.21. The van der Waals surface area contributed by atoms with Gasteiger partial charge in [0, 0.05) is 38.4 Å². The molecule has 6 nitrogen and oxygen atoms in total. The van der Waals surface area contributed by atoms with Gasteiger partial charge in [-0.25, -0.2) is 4.98 Å². The molecule has 28 heavy (non-hydrogen) atoms. The first-order valence-electron chi connectivity index (χ1n) is 9.37. The zero-order valence-corrected chi connectivity index (χ0v) is 18.7. The summed E-state index contributed by atoms with van der Waals surface area (Å²) in [4.78, 5) is 9.28. The predicted molar refractivity (Wildman–Crippen MR) is 125 cm³/mol. The Morgan fingerprint density at radius 2 is 1.93 bits per heavy atom. The molecule has 0 aliphatic carbocycles. The number of nitrogens with zero attached hydrogens (tertiary/aromatic N) is 3. The fourth-order valence-electron chi connectivity index (χ4n) is 2.96. The first-order valence-corrected chi connectivity index (χ1v) is 9.37. The van der Waals surface area contributed by atoms with Crippen molar-refractivity contribution in [2.24, 2.45) is 4.99 Å². The average Bonchev–Trinajstić information content (AvgIpc) is 3.11. The van der Waals surface area contributed by atoms with Gasteiger partial charge < -0.3 is 19.8 Å². The van der Waals surface area contributed by atoms with Crippen LogP contribution in [0.2, 0.25) is 0 Å². The monoisotopic (exact) mass is 493 g/mol. The Bertz CT molecular complexity index is 860. The number of guanidine groups is 1. The highest BCUT2D eigenvalue weighted by atomic mass is 127. The third-order valence-electron chi connectivity index (χ3n) is 4.28. The zero-order chi connectivity index (χ0) is 18.9. The third kappa shape index (κ3) is 6.12. The van der Waals surface area contributed by atoms with E-state index in [9.17, 15) is 0 Å². The van der Waals surface area contributed by atoms with E-state index in [0.29, 0.717) is 6.54 Å². The van der Waals surface area contributed by atoms with Crippen LogP contribution in [0.15, 0.2) is 59.9 Å². The third-order valence-corrected chi connectivity index (χ3v) is 4.28. The van der Waals surface area contributed by atoms with Crippen LogP contribution in [-0.4, -0.2) is 42.1 Å². The van der Waals surface area contributed by atoms with E-state index in [-0.39, 0.29) is 24.0 Å². The number of halogens is 1. The number of imidazole rings is 1. The second-order valence-corrected chi connectivity index (χ2v) is 6.20. The van der Waals surface area contributed by atoms with E-state index in [1.807, 2.05) is 47.0 Å². The van der Waals surface area contributed by atoms with Crippen molar-refractivity contribution in [2.75, 3.05) is 26.7 Å². The molecular weight excluding hydrogens is 465 g/mol. The fourth-order valence-corrected chi connectivity index (χ4v) is 2.96. The highest BCUT2D eigenvalue weighted by molar-refractivity contribution is 14.0. The molecule has 0 bridgehead atoms. The molecule has 1 aromatic carbocycles. The van der Waals surface area contributed by atoms with E-state index in [4.69, 9.17) is 4.74 Å². The minimum atomic E-state index is 0. The number of rotatable bonds is 8. The highest BCUT2D eigenvalue weighted by Crippen LogP contribution is 2.17. The molecule has 0 amide bonds. The molecule has 7 heteroatoms. The van der Waals surface area contributed by atoms with Crippen LogP contribution in [0.4, 0.5) is 0 Å². The Hall–Kier alpha value is -2.29. The predicted octanol–water partition coefficient (Wildman–Crippen LogP) is 3.30. The van der Waals surface area contributed by atoms with Crippen LogP contribution in [0.5, 0.6) is 5.75 Å². The average molecular weight is 493 g/mol. The van der Waals surface area contributed by atoms with Crippen LogP contribution < -0.4 is 15.4 Å². The lowest BCUT2D eigenvalue weighted by Gasteiger charge is -2.12. The lowest BCUT2D eigenvalue weighted by Crippen LogP contribution is -2.38. The van der Waals surface area contributed by atoms with Crippen LogP contribution in [0, 0.1) is 0 Å². The van der Waals surface area contributed by atoms with Gasteiger partial charge in [-0.15, -0.1) is 24.0 Å². The maximum Gasteiger partial charge on any atom is 0.191 e. The molecule has 0 aliphatic heterocycles. The molecule has 0 atom stereocenters. The molecule has 0 radical (unpaired) electrons. The molecule has 0 fully saturated rings. The lowest BCUT2D eigenvalue weighted by atomic mass is 10.1. The molecular formula is C21H28IN5O. The number of aliphatic imine (C=N–C) groups is 1. The second kappa shape index (κ2) is 11.5. The first kappa shape index (κ1) is 22.0. The lowest BCUT2D eigenvalue weighted by molar-refractivity contribution is 0.409. The normalized spacial score (nSPS) is 11.1. The standard InChI is InChI=1S/C21H27N5O.HI/c1-3-22-21(23-13-11-17-8-4-5-9-19(17)27-2)24-14-12-18-16-26-15-7-6-10-20(26)25-18;/h4-10,15-16H,3,11-14H2,1-2H3,(H2,22,23,24);1H. The molecule has 0 saturated carbocycles. The number of fused-ring (bicyclic) bond motifs is 1. The van der Waals surface area contributed by atoms with E-state index in [0.717, 1.165) is 49.0 Å². The van der Waals surface area contributed by atoms with Crippen molar-refractivity contribution in [3.8, 4) is 5.75 Å². The van der Waals surface area contributed by atoms with Gasteiger partial charge in [-0.1, -0.05) is 24.3 Å². The van der Waals surface area contributed by atoms with Crippen molar-refractivity contribution >= 4 is 35.6 Å². The number of ether oxygens (including phenoxy) is 1. The number of nitrogens with one attached hydrogen (secondary N) is 2. The van der Waals surface area contributed by atoms with Crippen molar-refractivity contribution in [1.29, 1.82) is 0 Å². The Morgan fingerprint density at radius 3 is 2.71 bits per heavy atom. The topological polar surface area (TPSA) is 63.0 Å². The van der Waals surface area contributed by atoms with E-state index < -0.39 is 0 Å². The first-order chi connectivity index (χ1) is 13.3. The molecule has 150 valence electrons. The SMILES string of the molecule is CCNC(=NCCc1cn2ccccc2n1)NCCc1ccccc1OC.I. The van der Waals surface area contributed by atoms with Gasteiger partial charge in [0.2, 0.25) is 0 Å². The largest absolute Gasteiger partial charge is 0.496 e. The van der Waals surface area contributed by atoms with Crippen LogP contribution in [0.25, 0.3) is 5.65 Å². The molecule has 2 aromatic heterocycles. The van der Waals surface area contributed by atoms with Crippen molar-refractivity contribution < 1.29 is 4.74 Å². The maximum absolute atomic E-state index is 5.41. The minimum absolute atomic E-state index is 0. The molecule has 3 rings (SSSR count). The number of pyridine rings is 1. The summed E-state index contributed by atoms with van der Waals surface area (Å²) < 4.78 is 7.44. The van der Waals surface area contributed by atoms with Crippen LogP contribution >= 0.6 is 24.0 Å². The summed E-state index contributed by atoms with van der Waals surface area (Å²) in [5.74, 6) is 1.75. The minimum Gasteiger partial charge on any atom is -0.496 e. The summed E-state index contributed by atoms with van der Waals surface area (Å²) in [6, 6.07) is 14.1. The molecule has 0 aliphatic rings. The van der Waals surface area contributed by atoms with E-state index in [2.05, 4.69) is 39.8 Å². The fraction of sp³-hybridized carbons (Fsp3) is 0.333. The van der Waals surface area contributed by atoms with Crippen LogP contribution in [-0.2, 0) is 12.8 Å². The summed E-state index contributed by atoms with van der Waals surface area (Å²) >= 11 is 0. The summed E-state index contributed by atoms with van der Waals surface area (Å²) in [7, 11) is 1.71. The number of hydrogen-bond donors (Lipinski definition) is 2. The van der Waals surface area contributed by atoms with E-state index >= 15 is 0 Å². The Labute approximate surface area is 183 Å². The second-order valence-electron chi connectivity index (χ2n) is 6.20. The van der Waals surface area contributed by atoms with Gasteiger partial charge >= 0.3 is 0 Å². The Balaban J connectivity index is 0.00000280. The smallest absolute Gasteiger partial charge is 0.191 e. The van der Waals surface area contributed by atoms with E-state index in [1.54, 1.807) is 7.11 Å². The van der Waals surface area contributed by atoms with Gasteiger partial charge in [0.1, 0.15) is 11.4 Å². The van der Waals surface area contributed by atoms with Gasteiger partial charge in [-0.05, 0) is 37.1 Å². The molecule has 0 unspecified atom stereocenters. The van der Waals surface area contributed by atoms with Crippen LogP contribution in [0.1, 0.15) is 18.2 Å². The van der Waals surface area contributed by atoms with Gasteiger partial charge in [0.15, 0.2) is 5.96 Å². The number of para-hydroxylation sites is 1. The van der Waals surface area contributed by atoms with Crippen LogP contribution in [0.3, 0.4) is 0 Å². The van der Waals surface area contributed by atoms with Crippen molar-refractivity contribution in [1.82, 2.24) is 20.0 Å². The quantitative estimate of drug-likeness (QED) is 0.287. The van der Waals surface area contributed by atoms with Gasteiger partial charge in [0.05, 0.1) is 12.8 Å². The highest BCUT2D eigenvalue weighted by Gasteiger charge is 2.04. The van der Waals surface area contributed by atoms with Gasteiger partial charge in [-0.2, -0.15) is 0 Å². The summed E-state index contributed by atoms with van der Waals surface area (Å²) in [5, 5.41) is 6.68. The Kier molecular flexibility index (Phi) is 9.06. The molecule has 2 N–H and O–H groups in total. The molecule has 0 spiro atoms. The number of hydrogen-bond acceptors (Lipinski definition) is 3. The number of methoxy groups -OCH3 is 1. The summed E-state index contributed by atoms with van der Waals surface area (Å²) in [6.45, 7) is 4.38. The molecule has 0 saturated heterocycles. The maximum atomic E-state index is 5.41. The number of benzene rings is 1.